The van der Waals surface area contributed by atoms with E-state index in [1.165, 1.54) is 0 Å². The zero-order valence-corrected chi connectivity index (χ0v) is 9.76. The van der Waals surface area contributed by atoms with Crippen LogP contribution in [0, 0.1) is 18.8 Å². The second-order valence-electron chi connectivity index (χ2n) is 4.60. The third-order valence-electron chi connectivity index (χ3n) is 3.64. The number of ketones is 1. The molecule has 2 heteroatoms. The monoisotopic (exact) mass is 205 g/mol. The minimum atomic E-state index is 0.248. The second kappa shape index (κ2) is 3.84. The summed E-state index contributed by atoms with van der Waals surface area (Å²) in [5.74, 6) is 1.14. The molecule has 0 fully saturated rings. The normalized spacial score (nSPS) is 25.4. The van der Waals surface area contributed by atoms with E-state index >= 15 is 0 Å². The minimum absolute atomic E-state index is 0.248. The summed E-state index contributed by atoms with van der Waals surface area (Å²) in [7, 11) is 0. The Hall–Kier alpha value is -1.05. The van der Waals surface area contributed by atoms with E-state index in [2.05, 4.69) is 18.8 Å². The summed E-state index contributed by atoms with van der Waals surface area (Å²) >= 11 is 0. The lowest BCUT2D eigenvalue weighted by Crippen LogP contribution is -2.30. The largest absolute Gasteiger partial charge is 0.362 e. The summed E-state index contributed by atoms with van der Waals surface area (Å²) in [5, 5.41) is 0. The molecule has 0 aromatic carbocycles. The van der Waals surface area contributed by atoms with Crippen LogP contribution in [0.15, 0.2) is 6.07 Å². The maximum Gasteiger partial charge on any atom is 0.168 e. The van der Waals surface area contributed by atoms with Gasteiger partial charge >= 0.3 is 0 Å². The standard InChI is InChI=1S/C13H19NO/c1-4-9-7-12-11(6-8(3)14-12)13(15)10(9)5-2/h6,9-10,14H,4-5,7H2,1-3H3. The molecule has 0 saturated heterocycles. The van der Waals surface area contributed by atoms with Crippen molar-refractivity contribution in [1.82, 2.24) is 4.98 Å². The topological polar surface area (TPSA) is 32.9 Å². The Morgan fingerprint density at radius 2 is 2.13 bits per heavy atom. The van der Waals surface area contributed by atoms with Gasteiger partial charge in [-0.15, -0.1) is 0 Å². The Labute approximate surface area is 91.1 Å². The Morgan fingerprint density at radius 1 is 1.40 bits per heavy atom. The van der Waals surface area contributed by atoms with Gasteiger partial charge in [-0.05, 0) is 31.7 Å². The van der Waals surface area contributed by atoms with Crippen LogP contribution >= 0.6 is 0 Å². The van der Waals surface area contributed by atoms with Gasteiger partial charge in [-0.1, -0.05) is 20.3 Å². The lowest BCUT2D eigenvalue weighted by atomic mass is 9.75. The number of H-pyrrole nitrogens is 1. The molecule has 2 atom stereocenters. The third kappa shape index (κ3) is 1.62. The average molecular weight is 205 g/mol. The summed E-state index contributed by atoms with van der Waals surface area (Å²) in [6.07, 6.45) is 3.12. The molecule has 1 aromatic heterocycles. The van der Waals surface area contributed by atoms with E-state index < -0.39 is 0 Å². The van der Waals surface area contributed by atoms with Gasteiger partial charge in [0, 0.05) is 22.9 Å². The average Bonchev–Trinajstić information content (AvgIpc) is 2.59. The molecule has 0 amide bonds. The van der Waals surface area contributed by atoms with Crippen molar-refractivity contribution in [3.63, 3.8) is 0 Å². The number of rotatable bonds is 2. The van der Waals surface area contributed by atoms with Gasteiger partial charge in [0.05, 0.1) is 0 Å². The van der Waals surface area contributed by atoms with Gasteiger partial charge in [-0.25, -0.2) is 0 Å². The van der Waals surface area contributed by atoms with Crippen molar-refractivity contribution < 1.29 is 4.79 Å². The number of fused-ring (bicyclic) bond motifs is 1. The van der Waals surface area contributed by atoms with E-state index in [4.69, 9.17) is 0 Å². The molecule has 1 aliphatic rings. The van der Waals surface area contributed by atoms with Crippen LogP contribution in [0.4, 0.5) is 0 Å². The molecule has 0 spiro atoms. The number of aryl methyl sites for hydroxylation is 1. The number of aromatic amines is 1. The highest BCUT2D eigenvalue weighted by atomic mass is 16.1. The Morgan fingerprint density at radius 3 is 2.73 bits per heavy atom. The number of hydrogen-bond donors (Lipinski definition) is 1. The molecule has 82 valence electrons. The van der Waals surface area contributed by atoms with Crippen molar-refractivity contribution in [3.8, 4) is 0 Å². The van der Waals surface area contributed by atoms with Gasteiger partial charge in [0.25, 0.3) is 0 Å². The third-order valence-corrected chi connectivity index (χ3v) is 3.64. The summed E-state index contributed by atoms with van der Waals surface area (Å²) in [4.78, 5) is 15.5. The summed E-state index contributed by atoms with van der Waals surface area (Å²) < 4.78 is 0. The first-order valence-corrected chi connectivity index (χ1v) is 5.90. The van der Waals surface area contributed by atoms with Crippen LogP contribution in [0.25, 0.3) is 0 Å². The molecule has 0 radical (unpaired) electrons. The maximum atomic E-state index is 12.2. The van der Waals surface area contributed by atoms with Crippen molar-refractivity contribution in [1.29, 1.82) is 0 Å². The molecule has 1 N–H and O–H groups in total. The molecule has 1 aliphatic carbocycles. The number of Topliss-reactive ketones (excluding diaryl/α,β-unsaturated/α-hetero) is 1. The van der Waals surface area contributed by atoms with E-state index in [0.717, 1.165) is 36.2 Å². The van der Waals surface area contributed by atoms with Crippen molar-refractivity contribution in [2.24, 2.45) is 11.8 Å². The maximum absolute atomic E-state index is 12.2. The quantitative estimate of drug-likeness (QED) is 0.790. The van der Waals surface area contributed by atoms with Crippen LogP contribution in [0.2, 0.25) is 0 Å². The molecule has 1 heterocycles. The van der Waals surface area contributed by atoms with Gasteiger partial charge in [-0.3, -0.25) is 4.79 Å². The smallest absolute Gasteiger partial charge is 0.168 e. The van der Waals surface area contributed by atoms with Crippen LogP contribution in [-0.2, 0) is 6.42 Å². The molecule has 2 unspecified atom stereocenters. The van der Waals surface area contributed by atoms with Crippen LogP contribution in [0.1, 0.15) is 48.4 Å². The molecule has 15 heavy (non-hydrogen) atoms. The number of aromatic nitrogens is 1. The van der Waals surface area contributed by atoms with Crippen molar-refractivity contribution >= 4 is 5.78 Å². The summed E-state index contributed by atoms with van der Waals surface area (Å²) in [6.45, 7) is 6.32. The Balaban J connectivity index is 2.40. The fraction of sp³-hybridized carbons (Fsp3) is 0.615. The SMILES string of the molecule is CCC1Cc2[nH]c(C)cc2C(=O)C1CC. The molecule has 0 saturated carbocycles. The van der Waals surface area contributed by atoms with E-state index in [9.17, 15) is 4.79 Å². The van der Waals surface area contributed by atoms with Crippen LogP contribution in [0.3, 0.4) is 0 Å². The van der Waals surface area contributed by atoms with Crippen LogP contribution in [0.5, 0.6) is 0 Å². The molecular formula is C13H19NO. The fourth-order valence-corrected chi connectivity index (χ4v) is 2.79. The highest BCUT2D eigenvalue weighted by molar-refractivity contribution is 6.00. The molecule has 0 aliphatic heterocycles. The first kappa shape index (κ1) is 10.5. The molecular weight excluding hydrogens is 186 g/mol. The van der Waals surface area contributed by atoms with Crippen molar-refractivity contribution in [2.45, 2.75) is 40.0 Å². The minimum Gasteiger partial charge on any atom is -0.362 e. The fourth-order valence-electron chi connectivity index (χ4n) is 2.79. The van der Waals surface area contributed by atoms with Gasteiger partial charge < -0.3 is 4.98 Å². The van der Waals surface area contributed by atoms with Gasteiger partial charge in [-0.2, -0.15) is 0 Å². The zero-order chi connectivity index (χ0) is 11.0. The number of nitrogens with one attached hydrogen (secondary N) is 1. The Kier molecular flexibility index (Phi) is 2.68. The predicted octanol–water partition coefficient (Wildman–Crippen LogP) is 3.11. The molecule has 1 aromatic rings. The molecule has 2 nitrogen and oxygen atoms in total. The zero-order valence-electron chi connectivity index (χ0n) is 9.76. The van der Waals surface area contributed by atoms with Crippen molar-refractivity contribution in [2.75, 3.05) is 0 Å². The van der Waals surface area contributed by atoms with Gasteiger partial charge in [0.2, 0.25) is 0 Å². The molecule has 2 rings (SSSR count). The van der Waals surface area contributed by atoms with E-state index in [0.29, 0.717) is 11.7 Å². The second-order valence-corrected chi connectivity index (χ2v) is 4.60. The lowest BCUT2D eigenvalue weighted by molar-refractivity contribution is 0.0843. The van der Waals surface area contributed by atoms with Gasteiger partial charge in [0.15, 0.2) is 5.78 Å². The van der Waals surface area contributed by atoms with E-state index in [1.54, 1.807) is 0 Å². The number of carbonyl (C=O) groups is 1. The highest BCUT2D eigenvalue weighted by Crippen LogP contribution is 2.34. The lowest BCUT2D eigenvalue weighted by Gasteiger charge is -2.28. The predicted molar refractivity (Wildman–Crippen MR) is 61.1 cm³/mol. The first-order chi connectivity index (χ1) is 7.17. The highest BCUT2D eigenvalue weighted by Gasteiger charge is 2.34. The van der Waals surface area contributed by atoms with E-state index in [-0.39, 0.29) is 5.92 Å². The summed E-state index contributed by atoms with van der Waals surface area (Å²) in [5.41, 5.74) is 3.22. The molecule has 0 bridgehead atoms. The van der Waals surface area contributed by atoms with Crippen LogP contribution in [-0.4, -0.2) is 10.8 Å². The number of carbonyl (C=O) groups excluding carboxylic acids is 1. The number of hydrogen-bond acceptors (Lipinski definition) is 1. The van der Waals surface area contributed by atoms with Crippen LogP contribution < -0.4 is 0 Å². The van der Waals surface area contributed by atoms with Gasteiger partial charge in [0.1, 0.15) is 0 Å². The summed E-state index contributed by atoms with van der Waals surface area (Å²) in [6, 6.07) is 2.01. The van der Waals surface area contributed by atoms with E-state index in [1.807, 2.05) is 13.0 Å². The first-order valence-electron chi connectivity index (χ1n) is 5.90. The van der Waals surface area contributed by atoms with Crippen molar-refractivity contribution in [3.05, 3.63) is 23.0 Å². The Bertz CT molecular complexity index is 378.